The van der Waals surface area contributed by atoms with Gasteiger partial charge in [0.05, 0.1) is 17.2 Å². The summed E-state index contributed by atoms with van der Waals surface area (Å²) in [7, 11) is 0. The molecular weight excluding hydrogens is 368 g/mol. The minimum atomic E-state index is -0.413. The normalized spacial score (nSPS) is 17.5. The molecule has 1 atom stereocenters. The molecule has 1 aromatic heterocycles. The zero-order valence-corrected chi connectivity index (χ0v) is 15.1. The Hall–Kier alpha value is -2.27. The zero-order chi connectivity index (χ0) is 17.1. The third-order valence-corrected chi connectivity index (χ3v) is 4.63. The topological polar surface area (TPSA) is 51.5 Å². The highest BCUT2D eigenvalue weighted by atomic mass is 79.9. The minimum Gasteiger partial charge on any atom is -0.425 e. The van der Waals surface area contributed by atoms with Crippen molar-refractivity contribution >= 4 is 27.6 Å². The highest BCUT2D eigenvalue weighted by Gasteiger charge is 2.29. The maximum absolute atomic E-state index is 12.4. The van der Waals surface area contributed by atoms with Crippen LogP contribution >= 0.6 is 15.9 Å². The van der Waals surface area contributed by atoms with Gasteiger partial charge in [-0.2, -0.15) is 0 Å². The quantitative estimate of drug-likeness (QED) is 0.708. The Morgan fingerprint density at radius 2 is 2.00 bits per heavy atom. The molecule has 1 aliphatic heterocycles. The first kappa shape index (κ1) is 16.6. The van der Waals surface area contributed by atoms with Crippen LogP contribution in [0.5, 0.6) is 0 Å². The molecule has 0 aliphatic carbocycles. The molecule has 2 heterocycles. The van der Waals surface area contributed by atoms with Gasteiger partial charge in [-0.05, 0) is 44.0 Å². The molecular formula is C19H17BrN2O2. The van der Waals surface area contributed by atoms with Crippen LogP contribution < -0.4 is 0 Å². The Balaban J connectivity index is 1.96. The molecule has 0 N–H and O–H groups in total. The van der Waals surface area contributed by atoms with Crippen molar-refractivity contribution in [1.82, 2.24) is 4.98 Å². The Bertz CT molecular complexity index is 828. The van der Waals surface area contributed by atoms with Crippen molar-refractivity contribution in [2.75, 3.05) is 0 Å². The molecule has 2 aromatic rings. The van der Waals surface area contributed by atoms with Gasteiger partial charge >= 0.3 is 5.97 Å². The number of rotatable bonds is 3. The first-order valence-corrected chi connectivity index (χ1v) is 8.47. The molecule has 1 aliphatic rings. The minimum absolute atomic E-state index is 0.0429. The summed E-state index contributed by atoms with van der Waals surface area (Å²) in [5.74, 6) is 0.143. The lowest BCUT2D eigenvalue weighted by molar-refractivity contribution is 0.0598. The van der Waals surface area contributed by atoms with E-state index < -0.39 is 5.97 Å². The molecule has 1 unspecified atom stereocenters. The number of nitrogens with zero attached hydrogens (tertiary/aromatic N) is 2. The number of aliphatic imine (C=N–C) groups is 1. The lowest BCUT2D eigenvalue weighted by atomic mass is 9.89. The Morgan fingerprint density at radius 3 is 2.71 bits per heavy atom. The number of benzene rings is 1. The Morgan fingerprint density at radius 1 is 1.21 bits per heavy atom. The van der Waals surface area contributed by atoms with Crippen LogP contribution in [0.15, 0.2) is 69.7 Å². The largest absolute Gasteiger partial charge is 0.425 e. The van der Waals surface area contributed by atoms with E-state index in [2.05, 4.69) is 25.9 Å². The summed E-state index contributed by atoms with van der Waals surface area (Å²) in [6.45, 7) is 3.87. The number of hydrogen-bond donors (Lipinski definition) is 0. The van der Waals surface area contributed by atoms with E-state index in [4.69, 9.17) is 4.74 Å². The van der Waals surface area contributed by atoms with E-state index in [-0.39, 0.29) is 5.92 Å². The van der Waals surface area contributed by atoms with Crippen molar-refractivity contribution in [3.63, 3.8) is 0 Å². The van der Waals surface area contributed by atoms with Gasteiger partial charge in [0.15, 0.2) is 0 Å². The van der Waals surface area contributed by atoms with Crippen molar-refractivity contribution in [2.24, 2.45) is 4.99 Å². The summed E-state index contributed by atoms with van der Waals surface area (Å²) in [6.07, 6.45) is 3.85. The van der Waals surface area contributed by atoms with Crippen molar-refractivity contribution in [2.45, 2.75) is 26.2 Å². The maximum atomic E-state index is 12.4. The smallest absolute Gasteiger partial charge is 0.344 e. The summed E-state index contributed by atoms with van der Waals surface area (Å²) in [5, 5.41) is 0. The third-order valence-electron chi connectivity index (χ3n) is 3.91. The van der Waals surface area contributed by atoms with Gasteiger partial charge in [0, 0.05) is 22.6 Å². The van der Waals surface area contributed by atoms with Gasteiger partial charge in [-0.1, -0.05) is 34.1 Å². The molecule has 122 valence electrons. The second-order valence-electron chi connectivity index (χ2n) is 5.71. The summed E-state index contributed by atoms with van der Waals surface area (Å²) in [5.41, 5.74) is 3.27. The highest BCUT2D eigenvalue weighted by molar-refractivity contribution is 9.10. The number of halogens is 1. The molecule has 1 aromatic carbocycles. The number of carbonyl (C=O) groups excluding carboxylic acids is 1. The van der Waals surface area contributed by atoms with E-state index >= 15 is 0 Å². The van der Waals surface area contributed by atoms with E-state index in [1.54, 1.807) is 18.3 Å². The molecule has 4 nitrogen and oxygen atoms in total. The predicted molar refractivity (Wildman–Crippen MR) is 97.0 cm³/mol. The van der Waals surface area contributed by atoms with Crippen LogP contribution in [-0.4, -0.2) is 16.7 Å². The van der Waals surface area contributed by atoms with E-state index in [1.807, 2.05) is 38.1 Å². The second-order valence-corrected chi connectivity index (χ2v) is 6.56. The Kier molecular flexibility index (Phi) is 4.90. The molecule has 24 heavy (non-hydrogen) atoms. The first-order valence-electron chi connectivity index (χ1n) is 7.68. The van der Waals surface area contributed by atoms with Gasteiger partial charge in [-0.15, -0.1) is 0 Å². The van der Waals surface area contributed by atoms with Crippen LogP contribution in [-0.2, 0) is 4.74 Å². The van der Waals surface area contributed by atoms with Crippen molar-refractivity contribution in [1.29, 1.82) is 0 Å². The number of esters is 1. The number of ether oxygens (including phenoxy) is 1. The van der Waals surface area contributed by atoms with Crippen molar-refractivity contribution in [3.8, 4) is 0 Å². The SMILES string of the molecule is CC1=NC(C)=C(OC(=O)c2cccnc2)C(c2ccccc2Br)C1. The van der Waals surface area contributed by atoms with E-state index in [9.17, 15) is 4.79 Å². The van der Waals surface area contributed by atoms with E-state index in [0.29, 0.717) is 11.3 Å². The Labute approximate surface area is 149 Å². The van der Waals surface area contributed by atoms with Crippen molar-refractivity contribution in [3.05, 3.63) is 75.8 Å². The summed E-state index contributed by atoms with van der Waals surface area (Å²) in [6, 6.07) is 11.4. The average Bonchev–Trinajstić information content (AvgIpc) is 2.58. The van der Waals surface area contributed by atoms with Gasteiger partial charge < -0.3 is 4.74 Å². The van der Waals surface area contributed by atoms with Gasteiger partial charge in [-0.25, -0.2) is 4.79 Å². The standard InChI is InChI=1S/C19H17BrN2O2/c1-12-10-16(15-7-3-4-8-17(15)20)18(13(2)22-12)24-19(23)14-6-5-9-21-11-14/h3-9,11,16H,10H2,1-2H3. The van der Waals surface area contributed by atoms with Crippen molar-refractivity contribution < 1.29 is 9.53 Å². The maximum Gasteiger partial charge on any atom is 0.344 e. The van der Waals surface area contributed by atoms with Gasteiger partial charge in [0.1, 0.15) is 5.76 Å². The van der Waals surface area contributed by atoms with Gasteiger partial charge in [-0.3, -0.25) is 9.98 Å². The number of carbonyl (C=O) groups is 1. The van der Waals surface area contributed by atoms with Crippen LogP contribution in [0.25, 0.3) is 0 Å². The fourth-order valence-corrected chi connectivity index (χ4v) is 3.38. The molecule has 0 fully saturated rings. The predicted octanol–water partition coefficient (Wildman–Crippen LogP) is 4.88. The van der Waals surface area contributed by atoms with E-state index in [1.165, 1.54) is 6.20 Å². The number of hydrogen-bond acceptors (Lipinski definition) is 4. The van der Waals surface area contributed by atoms with Gasteiger partial charge in [0.2, 0.25) is 0 Å². The number of allylic oxidation sites excluding steroid dienone is 2. The van der Waals surface area contributed by atoms with E-state index in [0.717, 1.165) is 27.9 Å². The van der Waals surface area contributed by atoms with Crippen LogP contribution in [0, 0.1) is 0 Å². The summed E-state index contributed by atoms with van der Waals surface area (Å²) >= 11 is 3.60. The van der Waals surface area contributed by atoms with Gasteiger partial charge in [0.25, 0.3) is 0 Å². The lowest BCUT2D eigenvalue weighted by Gasteiger charge is -2.26. The average molecular weight is 385 g/mol. The molecule has 3 rings (SSSR count). The molecule has 0 saturated heterocycles. The lowest BCUT2D eigenvalue weighted by Crippen LogP contribution is -2.19. The molecule has 0 amide bonds. The van der Waals surface area contributed by atoms with Crippen LogP contribution in [0.3, 0.4) is 0 Å². The first-order chi connectivity index (χ1) is 11.6. The summed E-state index contributed by atoms with van der Waals surface area (Å²) < 4.78 is 6.73. The van der Waals surface area contributed by atoms with Crippen LogP contribution in [0.4, 0.5) is 0 Å². The highest BCUT2D eigenvalue weighted by Crippen LogP contribution is 2.38. The fourth-order valence-electron chi connectivity index (χ4n) is 2.82. The molecule has 0 bridgehead atoms. The third kappa shape index (κ3) is 3.46. The number of pyridine rings is 1. The van der Waals surface area contributed by atoms with Crippen LogP contribution in [0.2, 0.25) is 0 Å². The molecule has 5 heteroatoms. The zero-order valence-electron chi connectivity index (χ0n) is 13.5. The van der Waals surface area contributed by atoms with Crippen LogP contribution in [0.1, 0.15) is 42.1 Å². The fraction of sp³-hybridized carbons (Fsp3) is 0.211. The monoisotopic (exact) mass is 384 g/mol. The summed E-state index contributed by atoms with van der Waals surface area (Å²) in [4.78, 5) is 20.9. The second kappa shape index (κ2) is 7.09. The molecule has 0 saturated carbocycles. The molecule has 0 radical (unpaired) electrons. The number of aromatic nitrogens is 1. The molecule has 0 spiro atoms.